The fraction of sp³-hybridized carbons (Fsp3) is 0.200. The van der Waals surface area contributed by atoms with E-state index in [1.54, 1.807) is 23.4 Å². The molecule has 1 atom stereocenters. The molecular formula is C15H15N3O2S. The number of pyridine rings is 1. The molecule has 1 unspecified atom stereocenters. The molecule has 0 spiro atoms. The lowest BCUT2D eigenvalue weighted by atomic mass is 10.3. The molecule has 0 saturated carbocycles. The lowest BCUT2D eigenvalue weighted by Gasteiger charge is -2.08. The summed E-state index contributed by atoms with van der Waals surface area (Å²) in [4.78, 5) is 15.2. The van der Waals surface area contributed by atoms with Gasteiger partial charge in [-0.1, -0.05) is 0 Å². The maximum Gasteiger partial charge on any atom is 0.178 e. The summed E-state index contributed by atoms with van der Waals surface area (Å²) in [5.41, 5.74) is 2.49. The number of hydrogen-bond acceptors (Lipinski definition) is 4. The number of hydrogen-bond donors (Lipinski definition) is 0. The van der Waals surface area contributed by atoms with Crippen molar-refractivity contribution in [1.82, 2.24) is 14.7 Å². The van der Waals surface area contributed by atoms with Crippen LogP contribution >= 0.6 is 0 Å². The molecule has 6 heteroatoms. The third-order valence-corrected chi connectivity index (χ3v) is 4.01. The minimum atomic E-state index is -1.03. The number of fused-ring (bicyclic) bond motifs is 1. The average molecular weight is 301 g/mol. The van der Waals surface area contributed by atoms with E-state index in [4.69, 9.17) is 4.84 Å². The van der Waals surface area contributed by atoms with Crippen LogP contribution in [0.5, 0.6) is 0 Å². The van der Waals surface area contributed by atoms with Crippen molar-refractivity contribution in [2.45, 2.75) is 11.8 Å². The Labute approximate surface area is 125 Å². The van der Waals surface area contributed by atoms with Crippen molar-refractivity contribution in [2.24, 2.45) is 0 Å². The van der Waals surface area contributed by atoms with Gasteiger partial charge in [-0.05, 0) is 37.3 Å². The number of imidazole rings is 1. The van der Waals surface area contributed by atoms with Crippen molar-refractivity contribution in [3.05, 3.63) is 42.7 Å². The predicted molar refractivity (Wildman–Crippen MR) is 82.4 cm³/mol. The fourth-order valence-electron chi connectivity index (χ4n) is 2.15. The molecule has 21 heavy (non-hydrogen) atoms. The van der Waals surface area contributed by atoms with Crippen molar-refractivity contribution >= 4 is 21.8 Å². The molecular weight excluding hydrogens is 286 g/mol. The zero-order valence-corrected chi connectivity index (χ0v) is 12.6. The normalized spacial score (nSPS) is 12.5. The Morgan fingerprint density at radius 3 is 2.86 bits per heavy atom. The number of rotatable bonds is 4. The number of benzene rings is 1. The van der Waals surface area contributed by atoms with E-state index in [9.17, 15) is 4.21 Å². The van der Waals surface area contributed by atoms with Crippen molar-refractivity contribution in [3.8, 4) is 11.4 Å². The monoisotopic (exact) mass is 301 g/mol. The quantitative estimate of drug-likeness (QED) is 0.742. The third-order valence-electron chi connectivity index (χ3n) is 3.09. The molecule has 0 bridgehead atoms. The zero-order chi connectivity index (χ0) is 14.8. The molecule has 3 aromatic rings. The van der Waals surface area contributed by atoms with Gasteiger partial charge in [0.25, 0.3) is 0 Å². The summed E-state index contributed by atoms with van der Waals surface area (Å²) in [6.45, 7) is 2.45. The smallest absolute Gasteiger partial charge is 0.178 e. The van der Waals surface area contributed by atoms with Crippen LogP contribution in [0.4, 0.5) is 0 Å². The molecule has 0 saturated heterocycles. The summed E-state index contributed by atoms with van der Waals surface area (Å²) in [7, 11) is -1.03. The van der Waals surface area contributed by atoms with Gasteiger partial charge in [-0.3, -0.25) is 9.19 Å². The molecule has 0 fully saturated rings. The van der Waals surface area contributed by atoms with E-state index >= 15 is 0 Å². The minimum Gasteiger partial charge on any atom is -0.412 e. The molecule has 0 radical (unpaired) electrons. The second-order valence-electron chi connectivity index (χ2n) is 4.49. The van der Waals surface area contributed by atoms with Crippen molar-refractivity contribution in [3.63, 3.8) is 0 Å². The van der Waals surface area contributed by atoms with Gasteiger partial charge in [-0.2, -0.15) is 4.73 Å². The molecule has 0 aliphatic rings. The van der Waals surface area contributed by atoms with Crippen LogP contribution in [0.15, 0.2) is 47.6 Å². The molecule has 1 aromatic carbocycles. The average Bonchev–Trinajstić information content (AvgIpc) is 2.86. The van der Waals surface area contributed by atoms with Crippen LogP contribution in [0.1, 0.15) is 6.92 Å². The molecule has 0 aliphatic carbocycles. The molecule has 2 aromatic heterocycles. The topological polar surface area (TPSA) is 57.0 Å². The van der Waals surface area contributed by atoms with Gasteiger partial charge in [0.15, 0.2) is 5.82 Å². The first kappa shape index (κ1) is 13.8. The SMILES string of the molecule is CCOn1c(-c2cccnc2)nc2cc(S(C)=O)ccc21. The van der Waals surface area contributed by atoms with Crippen molar-refractivity contribution in [1.29, 1.82) is 0 Å². The molecule has 3 rings (SSSR count). The van der Waals surface area contributed by atoms with E-state index in [0.29, 0.717) is 12.4 Å². The Morgan fingerprint density at radius 2 is 2.19 bits per heavy atom. The predicted octanol–water partition coefficient (Wildman–Crippen LogP) is 2.28. The zero-order valence-electron chi connectivity index (χ0n) is 11.8. The van der Waals surface area contributed by atoms with Gasteiger partial charge in [0.05, 0.1) is 5.52 Å². The first-order chi connectivity index (χ1) is 10.2. The largest absolute Gasteiger partial charge is 0.412 e. The standard InChI is InChI=1S/C15H15N3O2S/c1-3-20-18-14-7-6-12(21(2)19)9-13(14)17-15(18)11-5-4-8-16-10-11/h4-10H,3H2,1-2H3. The van der Waals surface area contributed by atoms with E-state index < -0.39 is 10.8 Å². The van der Waals surface area contributed by atoms with Crippen LogP contribution < -0.4 is 4.84 Å². The highest BCUT2D eigenvalue weighted by Gasteiger charge is 2.14. The van der Waals surface area contributed by atoms with Crippen molar-refractivity contribution < 1.29 is 9.05 Å². The summed E-state index contributed by atoms with van der Waals surface area (Å²) < 4.78 is 13.3. The van der Waals surface area contributed by atoms with Crippen LogP contribution in [0, 0.1) is 0 Å². The Hall–Kier alpha value is -2.21. The number of nitrogens with zero attached hydrogens (tertiary/aromatic N) is 3. The molecule has 5 nitrogen and oxygen atoms in total. The van der Waals surface area contributed by atoms with Crippen LogP contribution in [0.25, 0.3) is 22.4 Å². The molecule has 2 heterocycles. The third kappa shape index (κ3) is 2.54. The Morgan fingerprint density at radius 1 is 1.33 bits per heavy atom. The maximum absolute atomic E-state index is 11.6. The van der Waals surface area contributed by atoms with E-state index in [1.165, 1.54) is 0 Å². The highest BCUT2D eigenvalue weighted by atomic mass is 32.2. The van der Waals surface area contributed by atoms with Gasteiger partial charge < -0.3 is 4.84 Å². The molecule has 0 amide bonds. The summed E-state index contributed by atoms with van der Waals surface area (Å²) in [6, 6.07) is 9.35. The van der Waals surface area contributed by atoms with Crippen LogP contribution in [0.3, 0.4) is 0 Å². The summed E-state index contributed by atoms with van der Waals surface area (Å²) in [5.74, 6) is 0.694. The van der Waals surface area contributed by atoms with Gasteiger partial charge >= 0.3 is 0 Å². The molecule has 0 N–H and O–H groups in total. The van der Waals surface area contributed by atoms with Crippen LogP contribution in [-0.2, 0) is 10.8 Å². The van der Waals surface area contributed by atoms with Gasteiger partial charge in [0.2, 0.25) is 0 Å². The van der Waals surface area contributed by atoms with Gasteiger partial charge in [0, 0.05) is 39.9 Å². The van der Waals surface area contributed by atoms with Gasteiger partial charge in [0.1, 0.15) is 12.1 Å². The first-order valence-corrected chi connectivity index (χ1v) is 8.16. The van der Waals surface area contributed by atoms with Crippen LogP contribution in [-0.4, -0.2) is 31.8 Å². The highest BCUT2D eigenvalue weighted by molar-refractivity contribution is 7.84. The second-order valence-corrected chi connectivity index (χ2v) is 5.87. The van der Waals surface area contributed by atoms with E-state index in [-0.39, 0.29) is 0 Å². The van der Waals surface area contributed by atoms with Gasteiger partial charge in [-0.15, -0.1) is 0 Å². The molecule has 108 valence electrons. The second kappa shape index (κ2) is 5.65. The summed E-state index contributed by atoms with van der Waals surface area (Å²) in [5, 5.41) is 0. The lowest BCUT2D eigenvalue weighted by molar-refractivity contribution is 0.135. The van der Waals surface area contributed by atoms with E-state index in [2.05, 4.69) is 9.97 Å². The van der Waals surface area contributed by atoms with E-state index in [1.807, 2.05) is 37.3 Å². The highest BCUT2D eigenvalue weighted by Crippen LogP contribution is 2.24. The lowest BCUT2D eigenvalue weighted by Crippen LogP contribution is -2.12. The number of aromatic nitrogens is 3. The Bertz CT molecular complexity index is 799. The summed E-state index contributed by atoms with van der Waals surface area (Å²) in [6.07, 6.45) is 5.12. The Kier molecular flexibility index (Phi) is 3.70. The maximum atomic E-state index is 11.6. The summed E-state index contributed by atoms with van der Waals surface area (Å²) >= 11 is 0. The minimum absolute atomic E-state index is 0.528. The van der Waals surface area contributed by atoms with Crippen LogP contribution in [0.2, 0.25) is 0 Å². The molecule has 0 aliphatic heterocycles. The first-order valence-electron chi connectivity index (χ1n) is 6.60. The van der Waals surface area contributed by atoms with Gasteiger partial charge in [-0.25, -0.2) is 4.98 Å². The van der Waals surface area contributed by atoms with Crippen molar-refractivity contribution in [2.75, 3.05) is 12.9 Å². The Balaban J connectivity index is 2.23. The van der Waals surface area contributed by atoms with E-state index in [0.717, 1.165) is 21.5 Å². The fourth-order valence-corrected chi connectivity index (χ4v) is 2.69.